The zero-order valence-corrected chi connectivity index (χ0v) is 18.6. The fourth-order valence-electron chi connectivity index (χ4n) is 3.55. The SMILES string of the molecule is CCCc1cc2c(c(Cl)n1)C(=O)OCC2.CCCc1nc(Cl)cc2c1C(=O)OCC2. The lowest BCUT2D eigenvalue weighted by molar-refractivity contribution is 0.0469. The first kappa shape index (κ1) is 22.5. The van der Waals surface area contributed by atoms with Crippen molar-refractivity contribution >= 4 is 35.1 Å². The van der Waals surface area contributed by atoms with Crippen LogP contribution < -0.4 is 0 Å². The van der Waals surface area contributed by atoms with Crippen molar-refractivity contribution in [2.75, 3.05) is 13.2 Å². The van der Waals surface area contributed by atoms with Gasteiger partial charge in [0.1, 0.15) is 15.9 Å². The van der Waals surface area contributed by atoms with Crippen molar-refractivity contribution in [2.45, 2.75) is 52.4 Å². The van der Waals surface area contributed by atoms with Gasteiger partial charge in [0.2, 0.25) is 0 Å². The number of pyridine rings is 2. The van der Waals surface area contributed by atoms with Crippen molar-refractivity contribution in [1.82, 2.24) is 9.97 Å². The molecule has 4 rings (SSSR count). The third kappa shape index (κ3) is 5.10. The van der Waals surface area contributed by atoms with Gasteiger partial charge in [0.25, 0.3) is 0 Å². The lowest BCUT2D eigenvalue weighted by Gasteiger charge is -2.18. The molecule has 0 unspecified atom stereocenters. The first-order valence-corrected chi connectivity index (χ1v) is 10.9. The van der Waals surface area contributed by atoms with E-state index >= 15 is 0 Å². The molecule has 30 heavy (non-hydrogen) atoms. The number of carbonyl (C=O) groups excluding carboxylic acids is 2. The number of fused-ring (bicyclic) bond motifs is 2. The summed E-state index contributed by atoms with van der Waals surface area (Å²) in [6.45, 7) is 5.02. The van der Waals surface area contributed by atoms with Crippen LogP contribution in [0.5, 0.6) is 0 Å². The maximum Gasteiger partial charge on any atom is 0.341 e. The predicted molar refractivity (Wildman–Crippen MR) is 114 cm³/mol. The summed E-state index contributed by atoms with van der Waals surface area (Å²) < 4.78 is 9.93. The van der Waals surface area contributed by atoms with Crippen LogP contribution in [0.25, 0.3) is 0 Å². The van der Waals surface area contributed by atoms with E-state index in [4.69, 9.17) is 32.7 Å². The van der Waals surface area contributed by atoms with Crippen molar-refractivity contribution in [3.8, 4) is 0 Å². The minimum atomic E-state index is -0.350. The van der Waals surface area contributed by atoms with Gasteiger partial charge in [-0.3, -0.25) is 0 Å². The highest BCUT2D eigenvalue weighted by molar-refractivity contribution is 6.32. The van der Waals surface area contributed by atoms with E-state index in [0.717, 1.165) is 61.0 Å². The number of carbonyl (C=O) groups is 2. The smallest absolute Gasteiger partial charge is 0.341 e. The van der Waals surface area contributed by atoms with Crippen molar-refractivity contribution < 1.29 is 19.1 Å². The molecular formula is C22H24Cl2N2O4. The van der Waals surface area contributed by atoms with Crippen molar-refractivity contribution in [3.05, 3.63) is 56.1 Å². The van der Waals surface area contributed by atoms with Crippen LogP contribution in [0.4, 0.5) is 0 Å². The van der Waals surface area contributed by atoms with E-state index in [1.807, 2.05) is 13.0 Å². The van der Waals surface area contributed by atoms with Crippen LogP contribution in [0.1, 0.15) is 69.9 Å². The number of hydrogen-bond donors (Lipinski definition) is 0. The van der Waals surface area contributed by atoms with Crippen LogP contribution in [0.15, 0.2) is 12.1 Å². The van der Waals surface area contributed by atoms with Crippen LogP contribution in [-0.2, 0) is 35.2 Å². The minimum Gasteiger partial charge on any atom is -0.462 e. The van der Waals surface area contributed by atoms with Gasteiger partial charge in [-0.05, 0) is 36.1 Å². The maximum atomic E-state index is 11.6. The number of halogens is 2. The normalized spacial score (nSPS) is 14.7. The number of nitrogens with zero attached hydrogens (tertiary/aromatic N) is 2. The molecule has 2 aromatic heterocycles. The third-order valence-electron chi connectivity index (χ3n) is 4.87. The van der Waals surface area contributed by atoms with Crippen molar-refractivity contribution in [3.63, 3.8) is 0 Å². The summed E-state index contributed by atoms with van der Waals surface area (Å²) in [5.41, 5.74) is 4.74. The minimum absolute atomic E-state index is 0.260. The van der Waals surface area contributed by atoms with Gasteiger partial charge in [0.15, 0.2) is 0 Å². The Bertz CT molecular complexity index is 961. The third-order valence-corrected chi connectivity index (χ3v) is 5.33. The molecule has 2 aliphatic heterocycles. The highest BCUT2D eigenvalue weighted by Gasteiger charge is 2.24. The van der Waals surface area contributed by atoms with E-state index in [2.05, 4.69) is 16.9 Å². The molecule has 160 valence electrons. The summed E-state index contributed by atoms with van der Waals surface area (Å²) in [5.74, 6) is -0.610. The molecule has 8 heteroatoms. The summed E-state index contributed by atoms with van der Waals surface area (Å²) in [6.07, 6.45) is 5.08. The Morgan fingerprint density at radius 2 is 1.47 bits per heavy atom. The molecule has 6 nitrogen and oxygen atoms in total. The molecule has 0 bridgehead atoms. The van der Waals surface area contributed by atoms with E-state index in [1.165, 1.54) is 0 Å². The maximum absolute atomic E-state index is 11.6. The molecule has 0 radical (unpaired) electrons. The Morgan fingerprint density at radius 1 is 0.867 bits per heavy atom. The average molecular weight is 451 g/mol. The number of aryl methyl sites for hydroxylation is 2. The molecule has 0 saturated heterocycles. The second kappa shape index (κ2) is 10.2. The molecule has 0 spiro atoms. The lowest BCUT2D eigenvalue weighted by Crippen LogP contribution is -2.20. The Morgan fingerprint density at radius 3 is 2.10 bits per heavy atom. The predicted octanol–water partition coefficient (Wildman–Crippen LogP) is 4.80. The molecule has 0 N–H and O–H groups in total. The summed E-state index contributed by atoms with van der Waals surface area (Å²) in [6, 6.07) is 3.72. The summed E-state index contributed by atoms with van der Waals surface area (Å²) in [5, 5.41) is 0.743. The summed E-state index contributed by atoms with van der Waals surface area (Å²) in [7, 11) is 0. The molecule has 0 aromatic carbocycles. The quantitative estimate of drug-likeness (QED) is 0.491. The Hall–Kier alpha value is -2.18. The van der Waals surface area contributed by atoms with Crippen LogP contribution >= 0.6 is 23.2 Å². The topological polar surface area (TPSA) is 78.4 Å². The fourth-order valence-corrected chi connectivity index (χ4v) is 4.09. The molecule has 0 atom stereocenters. The van der Waals surface area contributed by atoms with Gasteiger partial charge >= 0.3 is 11.9 Å². The number of ether oxygens (including phenoxy) is 2. The number of cyclic esters (lactones) is 2. The van der Waals surface area contributed by atoms with Gasteiger partial charge in [-0.15, -0.1) is 0 Å². The number of esters is 2. The molecular weight excluding hydrogens is 427 g/mol. The average Bonchev–Trinajstić information content (AvgIpc) is 2.68. The van der Waals surface area contributed by atoms with E-state index < -0.39 is 0 Å². The molecule has 0 fully saturated rings. The first-order chi connectivity index (χ1) is 14.4. The van der Waals surface area contributed by atoms with Gasteiger partial charge in [-0.25, -0.2) is 19.6 Å². The highest BCUT2D eigenvalue weighted by atomic mass is 35.5. The number of rotatable bonds is 4. The summed E-state index contributed by atoms with van der Waals surface area (Å²) in [4.78, 5) is 31.4. The molecule has 4 heterocycles. The molecule has 0 aliphatic carbocycles. The van der Waals surface area contributed by atoms with Crippen LogP contribution in [0.2, 0.25) is 10.3 Å². The van der Waals surface area contributed by atoms with Crippen molar-refractivity contribution in [1.29, 1.82) is 0 Å². The van der Waals surface area contributed by atoms with E-state index in [-0.39, 0.29) is 17.1 Å². The zero-order chi connectivity index (χ0) is 21.7. The summed E-state index contributed by atoms with van der Waals surface area (Å²) >= 11 is 11.9. The van der Waals surface area contributed by atoms with Gasteiger partial charge in [0.05, 0.1) is 24.5 Å². The van der Waals surface area contributed by atoms with Crippen LogP contribution in [0.3, 0.4) is 0 Å². The van der Waals surface area contributed by atoms with Crippen LogP contribution in [0, 0.1) is 0 Å². The molecule has 0 amide bonds. The van der Waals surface area contributed by atoms with E-state index in [0.29, 0.717) is 29.5 Å². The zero-order valence-electron chi connectivity index (χ0n) is 17.1. The Kier molecular flexibility index (Phi) is 7.67. The Balaban J connectivity index is 0.000000171. The second-order valence-corrected chi connectivity index (χ2v) is 7.88. The number of aromatic nitrogens is 2. The lowest BCUT2D eigenvalue weighted by atomic mass is 10.00. The molecule has 2 aliphatic rings. The molecule has 2 aromatic rings. The van der Waals surface area contributed by atoms with Gasteiger partial charge in [-0.1, -0.05) is 49.9 Å². The van der Waals surface area contributed by atoms with Crippen LogP contribution in [-0.4, -0.2) is 35.1 Å². The first-order valence-electron chi connectivity index (χ1n) is 10.1. The fraction of sp³-hybridized carbons (Fsp3) is 0.455. The second-order valence-electron chi connectivity index (χ2n) is 7.14. The largest absolute Gasteiger partial charge is 0.462 e. The van der Waals surface area contributed by atoms with Gasteiger partial charge < -0.3 is 9.47 Å². The van der Waals surface area contributed by atoms with E-state index in [9.17, 15) is 9.59 Å². The standard InChI is InChI=1S/2C11H12ClNO2/c1-2-3-8-10-7(6-9(12)13-8)4-5-15-11(10)14;1-2-3-8-6-7-4-5-15-11(14)9(7)10(12)13-8/h2*6H,2-5H2,1H3. The van der Waals surface area contributed by atoms with Crippen molar-refractivity contribution in [2.24, 2.45) is 0 Å². The number of hydrogen-bond acceptors (Lipinski definition) is 6. The highest BCUT2D eigenvalue weighted by Crippen LogP contribution is 2.25. The Labute approximate surface area is 185 Å². The van der Waals surface area contributed by atoms with Gasteiger partial charge in [-0.2, -0.15) is 0 Å². The molecule has 0 saturated carbocycles. The van der Waals surface area contributed by atoms with Gasteiger partial charge in [0, 0.05) is 18.5 Å². The van der Waals surface area contributed by atoms with E-state index in [1.54, 1.807) is 6.07 Å². The monoisotopic (exact) mass is 450 g/mol.